The molecule has 0 saturated carbocycles. The van der Waals surface area contributed by atoms with Gasteiger partial charge >= 0.3 is 0 Å². The van der Waals surface area contributed by atoms with Gasteiger partial charge in [-0.3, -0.25) is 14.4 Å². The summed E-state index contributed by atoms with van der Waals surface area (Å²) in [7, 11) is 0. The van der Waals surface area contributed by atoms with Crippen LogP contribution in [0.3, 0.4) is 0 Å². The maximum Gasteiger partial charge on any atom is 0.255 e. The van der Waals surface area contributed by atoms with Crippen LogP contribution in [0.1, 0.15) is 27.9 Å². The Morgan fingerprint density at radius 1 is 0.909 bits per heavy atom. The predicted octanol–water partition coefficient (Wildman–Crippen LogP) is 3.72. The van der Waals surface area contributed by atoms with Crippen molar-refractivity contribution in [2.24, 2.45) is 0 Å². The number of carbonyl (C=O) groups excluding carboxylic acids is 3. The van der Waals surface area contributed by atoms with E-state index in [2.05, 4.69) is 10.6 Å². The van der Waals surface area contributed by atoms with E-state index in [1.54, 1.807) is 17.0 Å². The topological polar surface area (TPSA) is 78.5 Å². The molecule has 3 aromatic carbocycles. The highest BCUT2D eigenvalue weighted by Gasteiger charge is 2.25. The van der Waals surface area contributed by atoms with E-state index < -0.39 is 5.82 Å². The summed E-state index contributed by atoms with van der Waals surface area (Å²) in [6.07, 6.45) is 1.66. The molecule has 6 nitrogen and oxygen atoms in total. The number of halogens is 1. The largest absolute Gasteiger partial charge is 0.347 e. The molecular weight excluding hydrogens is 421 g/mol. The molecule has 7 heteroatoms. The average Bonchev–Trinajstić information content (AvgIpc) is 2.83. The minimum absolute atomic E-state index is 0.0999. The van der Waals surface area contributed by atoms with Crippen molar-refractivity contribution >= 4 is 29.1 Å². The molecule has 0 aliphatic carbocycles. The molecule has 3 amide bonds. The summed E-state index contributed by atoms with van der Waals surface area (Å²) < 4.78 is 13.1. The highest BCUT2D eigenvalue weighted by atomic mass is 19.1. The Hall–Kier alpha value is -4.00. The van der Waals surface area contributed by atoms with Gasteiger partial charge in [0.1, 0.15) is 5.82 Å². The van der Waals surface area contributed by atoms with Crippen molar-refractivity contribution in [3.63, 3.8) is 0 Å². The number of carbonyl (C=O) groups is 3. The van der Waals surface area contributed by atoms with Gasteiger partial charge < -0.3 is 15.5 Å². The second kappa shape index (κ2) is 10.1. The number of nitrogens with zero attached hydrogens (tertiary/aromatic N) is 1. The minimum atomic E-state index is -0.409. The summed E-state index contributed by atoms with van der Waals surface area (Å²) in [5.41, 5.74) is 3.43. The van der Waals surface area contributed by atoms with Crippen LogP contribution in [0.5, 0.6) is 0 Å². The fraction of sp³-hybridized carbons (Fsp3) is 0.192. The van der Waals surface area contributed by atoms with Gasteiger partial charge in [0.2, 0.25) is 11.8 Å². The zero-order chi connectivity index (χ0) is 23.2. The van der Waals surface area contributed by atoms with Crippen LogP contribution in [0.25, 0.3) is 0 Å². The van der Waals surface area contributed by atoms with Crippen LogP contribution in [0.2, 0.25) is 0 Å². The first-order valence-electron chi connectivity index (χ1n) is 10.8. The number of fused-ring (bicyclic) bond motifs is 1. The Kier molecular flexibility index (Phi) is 6.78. The molecule has 3 aromatic rings. The van der Waals surface area contributed by atoms with Gasteiger partial charge in [-0.15, -0.1) is 0 Å². The SMILES string of the molecule is O=C(Cc1ccccc1)NCC(=O)N1CCCc2c(NC(=O)c3ccc(F)cc3)cccc21. The molecule has 0 unspecified atom stereocenters. The lowest BCUT2D eigenvalue weighted by Crippen LogP contribution is -2.43. The first kappa shape index (κ1) is 22.2. The molecular formula is C26H24FN3O3. The Balaban J connectivity index is 1.43. The minimum Gasteiger partial charge on any atom is -0.347 e. The van der Waals surface area contributed by atoms with Gasteiger partial charge in [0.25, 0.3) is 5.91 Å². The molecule has 4 rings (SSSR count). The summed E-state index contributed by atoms with van der Waals surface area (Å²) in [4.78, 5) is 39.4. The smallest absolute Gasteiger partial charge is 0.255 e. The van der Waals surface area contributed by atoms with Gasteiger partial charge in [0, 0.05) is 23.5 Å². The van der Waals surface area contributed by atoms with Gasteiger partial charge in [-0.1, -0.05) is 36.4 Å². The number of hydrogen-bond acceptors (Lipinski definition) is 3. The summed E-state index contributed by atoms with van der Waals surface area (Å²) >= 11 is 0. The van der Waals surface area contributed by atoms with Crippen LogP contribution < -0.4 is 15.5 Å². The number of rotatable bonds is 6. The molecule has 0 radical (unpaired) electrons. The number of hydrogen-bond donors (Lipinski definition) is 2. The van der Waals surface area contributed by atoms with Gasteiger partial charge in [-0.25, -0.2) is 4.39 Å². The quantitative estimate of drug-likeness (QED) is 0.607. The van der Waals surface area contributed by atoms with Gasteiger partial charge in [-0.2, -0.15) is 0 Å². The number of amides is 3. The van der Waals surface area contributed by atoms with Crippen LogP contribution in [0, 0.1) is 5.82 Å². The van der Waals surface area contributed by atoms with Crippen molar-refractivity contribution in [2.75, 3.05) is 23.3 Å². The first-order chi connectivity index (χ1) is 16.0. The fourth-order valence-corrected chi connectivity index (χ4v) is 3.91. The molecule has 0 saturated heterocycles. The number of benzene rings is 3. The third kappa shape index (κ3) is 5.44. The first-order valence-corrected chi connectivity index (χ1v) is 10.8. The molecule has 33 heavy (non-hydrogen) atoms. The average molecular weight is 445 g/mol. The van der Waals surface area contributed by atoms with Crippen LogP contribution in [-0.4, -0.2) is 30.8 Å². The molecule has 0 fully saturated rings. The Bertz CT molecular complexity index is 1160. The highest BCUT2D eigenvalue weighted by Crippen LogP contribution is 2.33. The second-order valence-electron chi connectivity index (χ2n) is 7.85. The highest BCUT2D eigenvalue weighted by molar-refractivity contribution is 6.06. The summed E-state index contributed by atoms with van der Waals surface area (Å²) in [5, 5.41) is 5.58. The monoisotopic (exact) mass is 445 g/mol. The van der Waals surface area contributed by atoms with Crippen molar-refractivity contribution in [3.05, 3.63) is 95.3 Å². The van der Waals surface area contributed by atoms with Crippen molar-refractivity contribution in [2.45, 2.75) is 19.3 Å². The Labute approximate surface area is 191 Å². The molecule has 0 bridgehead atoms. The van der Waals surface area contributed by atoms with Gasteiger partial charge in [0.05, 0.1) is 13.0 Å². The van der Waals surface area contributed by atoms with E-state index in [4.69, 9.17) is 0 Å². The zero-order valence-corrected chi connectivity index (χ0v) is 18.0. The van der Waals surface area contributed by atoms with E-state index in [9.17, 15) is 18.8 Å². The summed E-state index contributed by atoms with van der Waals surface area (Å²) in [6, 6.07) is 20.1. The van der Waals surface area contributed by atoms with E-state index in [-0.39, 0.29) is 30.7 Å². The van der Waals surface area contributed by atoms with Crippen molar-refractivity contribution in [3.8, 4) is 0 Å². The van der Waals surface area contributed by atoms with Crippen LogP contribution in [-0.2, 0) is 22.4 Å². The lowest BCUT2D eigenvalue weighted by Gasteiger charge is -2.31. The Morgan fingerprint density at radius 3 is 2.42 bits per heavy atom. The second-order valence-corrected chi connectivity index (χ2v) is 7.85. The zero-order valence-electron chi connectivity index (χ0n) is 18.0. The number of anilines is 2. The van der Waals surface area contributed by atoms with Crippen molar-refractivity contribution in [1.82, 2.24) is 5.32 Å². The molecule has 0 spiro atoms. The lowest BCUT2D eigenvalue weighted by atomic mass is 9.99. The van der Waals surface area contributed by atoms with E-state index >= 15 is 0 Å². The molecule has 0 aromatic heterocycles. The van der Waals surface area contributed by atoms with Gasteiger partial charge in [-0.05, 0) is 60.4 Å². The Morgan fingerprint density at radius 2 is 1.67 bits per heavy atom. The van der Waals surface area contributed by atoms with Crippen LogP contribution >= 0.6 is 0 Å². The van der Waals surface area contributed by atoms with Crippen LogP contribution in [0.15, 0.2) is 72.8 Å². The standard InChI is InChI=1S/C26H24FN3O3/c27-20-13-11-19(12-14-20)26(33)29-22-9-4-10-23-21(22)8-5-15-30(23)25(32)17-28-24(31)16-18-6-2-1-3-7-18/h1-4,6-7,9-14H,5,8,15-17H2,(H,28,31)(H,29,33). The third-order valence-corrected chi connectivity index (χ3v) is 5.55. The number of nitrogens with one attached hydrogen (secondary N) is 2. The van der Waals surface area contributed by atoms with E-state index in [0.717, 1.165) is 23.2 Å². The molecule has 2 N–H and O–H groups in total. The lowest BCUT2D eigenvalue weighted by molar-refractivity contribution is -0.124. The molecule has 168 valence electrons. The van der Waals surface area contributed by atoms with E-state index in [1.807, 2.05) is 36.4 Å². The third-order valence-electron chi connectivity index (χ3n) is 5.55. The normalized spacial score (nSPS) is 12.6. The van der Waals surface area contributed by atoms with E-state index in [0.29, 0.717) is 24.2 Å². The van der Waals surface area contributed by atoms with Crippen molar-refractivity contribution < 1.29 is 18.8 Å². The van der Waals surface area contributed by atoms with Crippen molar-refractivity contribution in [1.29, 1.82) is 0 Å². The molecule has 1 aliphatic rings. The molecule has 1 heterocycles. The van der Waals surface area contributed by atoms with E-state index in [1.165, 1.54) is 24.3 Å². The maximum atomic E-state index is 13.1. The maximum absolute atomic E-state index is 13.1. The summed E-state index contributed by atoms with van der Waals surface area (Å²) in [6.45, 7) is 0.438. The van der Waals surface area contributed by atoms with Gasteiger partial charge in [0.15, 0.2) is 0 Å². The predicted molar refractivity (Wildman–Crippen MR) is 125 cm³/mol. The molecule has 0 atom stereocenters. The van der Waals surface area contributed by atoms with Crippen LogP contribution in [0.4, 0.5) is 15.8 Å². The molecule has 1 aliphatic heterocycles. The summed E-state index contributed by atoms with van der Waals surface area (Å²) in [5.74, 6) is -1.18. The fourth-order valence-electron chi connectivity index (χ4n) is 3.91.